The van der Waals surface area contributed by atoms with E-state index in [1.54, 1.807) is 36.4 Å². The minimum absolute atomic E-state index is 0.0592. The van der Waals surface area contributed by atoms with Gasteiger partial charge >= 0.3 is 0 Å². The van der Waals surface area contributed by atoms with Crippen LogP contribution in [0, 0.1) is 6.92 Å². The van der Waals surface area contributed by atoms with Crippen LogP contribution in [0.2, 0.25) is 0 Å². The van der Waals surface area contributed by atoms with E-state index in [9.17, 15) is 18.0 Å². The van der Waals surface area contributed by atoms with Crippen LogP contribution < -0.4 is 15.6 Å². The van der Waals surface area contributed by atoms with Gasteiger partial charge in [0.05, 0.1) is 23.1 Å². The van der Waals surface area contributed by atoms with Crippen molar-refractivity contribution in [3.63, 3.8) is 0 Å². The van der Waals surface area contributed by atoms with E-state index in [4.69, 9.17) is 4.74 Å². The van der Waals surface area contributed by atoms with E-state index >= 15 is 0 Å². The van der Waals surface area contributed by atoms with Crippen LogP contribution in [0.25, 0.3) is 16.6 Å². The van der Waals surface area contributed by atoms with Crippen molar-refractivity contribution in [3.8, 4) is 11.4 Å². The van der Waals surface area contributed by atoms with Gasteiger partial charge in [-0.05, 0) is 55.0 Å². The van der Waals surface area contributed by atoms with Gasteiger partial charge in [0.2, 0.25) is 0 Å². The number of rotatable bonds is 5. The molecule has 0 saturated carbocycles. The Morgan fingerprint density at radius 2 is 1.82 bits per heavy atom. The first-order valence-corrected chi connectivity index (χ1v) is 11.8. The molecule has 0 aliphatic carbocycles. The number of sulfone groups is 1. The number of nitrogens with zero attached hydrogens (tertiary/aromatic N) is 2. The third-order valence-electron chi connectivity index (χ3n) is 5.22. The Hall–Kier alpha value is -3.98. The molecule has 168 valence electrons. The molecule has 0 bridgehead atoms. The molecule has 0 fully saturated rings. The molecule has 0 radical (unpaired) electrons. The number of hydrogen-bond donors (Lipinski definition) is 1. The van der Waals surface area contributed by atoms with E-state index in [-0.39, 0.29) is 16.0 Å². The second kappa shape index (κ2) is 8.51. The molecule has 1 amide bonds. The molecule has 33 heavy (non-hydrogen) atoms. The SMILES string of the molecule is COc1cccc2c(=O)n(-c3cc(NC(=O)c4cccc(S(C)(=O)=O)c4)ccc3C)cnc12. The third kappa shape index (κ3) is 4.35. The van der Waals surface area contributed by atoms with Gasteiger partial charge in [0.25, 0.3) is 11.5 Å². The number of anilines is 1. The zero-order valence-electron chi connectivity index (χ0n) is 18.2. The summed E-state index contributed by atoms with van der Waals surface area (Å²) in [7, 11) is -1.92. The fourth-order valence-electron chi connectivity index (χ4n) is 3.48. The normalized spacial score (nSPS) is 11.4. The molecule has 0 atom stereocenters. The average Bonchev–Trinajstić information content (AvgIpc) is 2.80. The summed E-state index contributed by atoms with van der Waals surface area (Å²) in [6.07, 6.45) is 2.51. The summed E-state index contributed by atoms with van der Waals surface area (Å²) in [4.78, 5) is 30.4. The van der Waals surface area contributed by atoms with Crippen molar-refractivity contribution in [2.75, 3.05) is 18.7 Å². The van der Waals surface area contributed by atoms with Gasteiger partial charge < -0.3 is 10.1 Å². The van der Waals surface area contributed by atoms with Gasteiger partial charge in [-0.15, -0.1) is 0 Å². The van der Waals surface area contributed by atoms with Gasteiger partial charge in [-0.1, -0.05) is 18.2 Å². The fraction of sp³-hybridized carbons (Fsp3) is 0.125. The van der Waals surface area contributed by atoms with Crippen LogP contribution in [0.15, 0.2) is 76.7 Å². The maximum Gasteiger partial charge on any atom is 0.265 e. The summed E-state index contributed by atoms with van der Waals surface area (Å²) < 4.78 is 30.3. The van der Waals surface area contributed by atoms with Crippen molar-refractivity contribution < 1.29 is 17.9 Å². The molecule has 0 unspecified atom stereocenters. The maximum atomic E-state index is 13.2. The van der Waals surface area contributed by atoms with Gasteiger partial charge in [-0.3, -0.25) is 14.2 Å². The van der Waals surface area contributed by atoms with Gasteiger partial charge in [-0.25, -0.2) is 13.4 Å². The monoisotopic (exact) mass is 463 g/mol. The number of amides is 1. The van der Waals surface area contributed by atoms with E-state index in [1.165, 1.54) is 42.3 Å². The number of nitrogens with one attached hydrogen (secondary N) is 1. The Morgan fingerprint density at radius 3 is 2.55 bits per heavy atom. The molecule has 1 aromatic heterocycles. The number of carbonyl (C=O) groups excluding carboxylic acids is 1. The van der Waals surface area contributed by atoms with Gasteiger partial charge in [0.1, 0.15) is 17.6 Å². The molecule has 8 nitrogen and oxygen atoms in total. The van der Waals surface area contributed by atoms with Gasteiger partial charge in [-0.2, -0.15) is 0 Å². The minimum Gasteiger partial charge on any atom is -0.494 e. The Balaban J connectivity index is 1.72. The van der Waals surface area contributed by atoms with E-state index in [0.29, 0.717) is 28.0 Å². The maximum absolute atomic E-state index is 13.2. The zero-order valence-corrected chi connectivity index (χ0v) is 19.0. The molecule has 4 rings (SSSR count). The number of aromatic nitrogens is 2. The van der Waals surface area contributed by atoms with Crippen LogP contribution in [-0.4, -0.2) is 37.2 Å². The number of methoxy groups -OCH3 is 1. The largest absolute Gasteiger partial charge is 0.494 e. The molecule has 0 saturated heterocycles. The Kier molecular flexibility index (Phi) is 5.73. The van der Waals surface area contributed by atoms with Crippen LogP contribution >= 0.6 is 0 Å². The minimum atomic E-state index is -3.44. The number of carbonyl (C=O) groups is 1. The van der Waals surface area contributed by atoms with Crippen LogP contribution in [0.4, 0.5) is 5.69 Å². The number of aryl methyl sites for hydroxylation is 1. The lowest BCUT2D eigenvalue weighted by Gasteiger charge is -2.13. The summed E-state index contributed by atoms with van der Waals surface area (Å²) in [6, 6.07) is 16.1. The highest BCUT2D eigenvalue weighted by Crippen LogP contribution is 2.23. The van der Waals surface area contributed by atoms with Crippen LogP contribution in [0.5, 0.6) is 5.75 Å². The number of fused-ring (bicyclic) bond motifs is 1. The number of para-hydroxylation sites is 1. The van der Waals surface area contributed by atoms with E-state index < -0.39 is 15.7 Å². The number of hydrogen-bond acceptors (Lipinski definition) is 6. The van der Waals surface area contributed by atoms with E-state index in [2.05, 4.69) is 10.3 Å². The van der Waals surface area contributed by atoms with E-state index in [1.807, 2.05) is 6.92 Å². The third-order valence-corrected chi connectivity index (χ3v) is 6.33. The predicted molar refractivity (Wildman–Crippen MR) is 126 cm³/mol. The van der Waals surface area contributed by atoms with E-state index in [0.717, 1.165) is 11.8 Å². The van der Waals surface area contributed by atoms with Crippen molar-refractivity contribution in [1.29, 1.82) is 0 Å². The zero-order chi connectivity index (χ0) is 23.8. The predicted octanol–water partition coefficient (Wildman–Crippen LogP) is 3.36. The van der Waals surface area contributed by atoms with Crippen LogP contribution in [0.3, 0.4) is 0 Å². The molecular formula is C24H21N3O5S. The molecule has 1 N–H and O–H groups in total. The first-order chi connectivity index (χ1) is 15.7. The summed E-state index contributed by atoms with van der Waals surface area (Å²) >= 11 is 0. The summed E-state index contributed by atoms with van der Waals surface area (Å²) in [5.41, 5.74) is 2.21. The smallest absolute Gasteiger partial charge is 0.265 e. The first kappa shape index (κ1) is 22.2. The van der Waals surface area contributed by atoms with Crippen molar-refractivity contribution >= 4 is 32.3 Å². The molecule has 3 aromatic carbocycles. The van der Waals surface area contributed by atoms with Crippen LogP contribution in [-0.2, 0) is 9.84 Å². The molecule has 1 heterocycles. The molecule has 4 aromatic rings. The van der Waals surface area contributed by atoms with Crippen molar-refractivity contribution in [2.45, 2.75) is 11.8 Å². The molecule has 9 heteroatoms. The topological polar surface area (TPSA) is 107 Å². The van der Waals surface area contributed by atoms with Gasteiger partial charge in [0, 0.05) is 17.5 Å². The standard InChI is InChI=1S/C24H21N3O5S/c1-15-10-11-17(26-23(28)16-6-4-7-18(12-16)33(3,30)31)13-20(15)27-14-25-22-19(24(27)29)8-5-9-21(22)32-2/h4-14H,1-3H3,(H,26,28). The van der Waals surface area contributed by atoms with Crippen LogP contribution in [0.1, 0.15) is 15.9 Å². The number of benzene rings is 3. The molecular weight excluding hydrogens is 442 g/mol. The lowest BCUT2D eigenvalue weighted by atomic mass is 10.1. The quantitative estimate of drug-likeness (QED) is 0.486. The fourth-order valence-corrected chi connectivity index (χ4v) is 4.15. The average molecular weight is 464 g/mol. The van der Waals surface area contributed by atoms with Crippen molar-refractivity contribution in [3.05, 3.63) is 88.5 Å². The van der Waals surface area contributed by atoms with Crippen molar-refractivity contribution in [1.82, 2.24) is 9.55 Å². The molecule has 0 spiro atoms. The highest BCUT2D eigenvalue weighted by atomic mass is 32.2. The molecule has 0 aliphatic heterocycles. The summed E-state index contributed by atoms with van der Waals surface area (Å²) in [6.45, 7) is 1.85. The summed E-state index contributed by atoms with van der Waals surface area (Å²) in [5, 5.41) is 3.17. The Morgan fingerprint density at radius 1 is 1.06 bits per heavy atom. The lowest BCUT2D eigenvalue weighted by molar-refractivity contribution is 0.102. The molecule has 0 aliphatic rings. The Bertz CT molecular complexity index is 1560. The second-order valence-electron chi connectivity index (χ2n) is 7.53. The first-order valence-electron chi connectivity index (χ1n) is 9.96. The van der Waals surface area contributed by atoms with Crippen molar-refractivity contribution in [2.24, 2.45) is 0 Å². The Labute approximate surface area is 190 Å². The second-order valence-corrected chi connectivity index (χ2v) is 9.55. The van der Waals surface area contributed by atoms with Gasteiger partial charge in [0.15, 0.2) is 9.84 Å². The number of ether oxygens (including phenoxy) is 1. The highest BCUT2D eigenvalue weighted by Gasteiger charge is 2.14. The highest BCUT2D eigenvalue weighted by molar-refractivity contribution is 7.90. The lowest BCUT2D eigenvalue weighted by Crippen LogP contribution is -2.20. The summed E-state index contributed by atoms with van der Waals surface area (Å²) in [5.74, 6) is 0.0369.